The lowest BCUT2D eigenvalue weighted by atomic mass is 9.81. The van der Waals surface area contributed by atoms with E-state index in [-0.39, 0.29) is 23.6 Å². The zero-order valence-corrected chi connectivity index (χ0v) is 15.4. The van der Waals surface area contributed by atoms with Gasteiger partial charge in [-0.2, -0.15) is 0 Å². The van der Waals surface area contributed by atoms with Crippen LogP contribution in [0.4, 0.5) is 0 Å². The van der Waals surface area contributed by atoms with E-state index >= 15 is 0 Å². The highest BCUT2D eigenvalue weighted by atomic mass is 35.5. The molecule has 5 rings (SSSR count). The van der Waals surface area contributed by atoms with Gasteiger partial charge < -0.3 is 10.2 Å². The molecule has 2 aliphatic carbocycles. The average Bonchev–Trinajstić information content (AvgIpc) is 3.30. The summed E-state index contributed by atoms with van der Waals surface area (Å²) < 4.78 is 1.49. The molecule has 1 heterocycles. The molecular formula is C21H17Cl2NO2. The third-order valence-electron chi connectivity index (χ3n) is 5.93. The van der Waals surface area contributed by atoms with Gasteiger partial charge in [-0.3, -0.25) is 4.57 Å². The minimum Gasteiger partial charge on any atom is -0.494 e. The summed E-state index contributed by atoms with van der Waals surface area (Å²) in [6, 6.07) is 15.5. The van der Waals surface area contributed by atoms with E-state index in [0.29, 0.717) is 21.7 Å². The van der Waals surface area contributed by atoms with Crippen LogP contribution >= 0.6 is 23.2 Å². The van der Waals surface area contributed by atoms with E-state index in [4.69, 9.17) is 23.2 Å². The maximum Gasteiger partial charge on any atom is 0.202 e. The fourth-order valence-corrected chi connectivity index (χ4v) is 5.17. The molecule has 0 radical (unpaired) electrons. The van der Waals surface area contributed by atoms with E-state index in [2.05, 4.69) is 24.3 Å². The first kappa shape index (κ1) is 16.1. The number of benzene rings is 2. The molecule has 2 bridgehead atoms. The molecule has 2 aliphatic rings. The monoisotopic (exact) mass is 385 g/mol. The first-order valence-corrected chi connectivity index (χ1v) is 9.48. The van der Waals surface area contributed by atoms with Crippen molar-refractivity contribution in [1.29, 1.82) is 0 Å². The number of aromatic hydroxyl groups is 2. The molecule has 1 aromatic heterocycles. The van der Waals surface area contributed by atoms with Crippen LogP contribution in [0, 0.1) is 0 Å². The van der Waals surface area contributed by atoms with Gasteiger partial charge in [0.2, 0.25) is 11.8 Å². The third kappa shape index (κ3) is 2.14. The number of rotatable bonds is 2. The summed E-state index contributed by atoms with van der Waals surface area (Å²) >= 11 is 12.1. The first-order valence-electron chi connectivity index (χ1n) is 8.73. The van der Waals surface area contributed by atoms with Crippen LogP contribution in [-0.4, -0.2) is 14.8 Å². The fraction of sp³-hybridized carbons (Fsp3) is 0.238. The van der Waals surface area contributed by atoms with Gasteiger partial charge in [0.05, 0.1) is 15.7 Å². The highest BCUT2D eigenvalue weighted by Gasteiger charge is 2.49. The Kier molecular flexibility index (Phi) is 3.53. The van der Waals surface area contributed by atoms with Crippen molar-refractivity contribution in [3.05, 3.63) is 75.3 Å². The van der Waals surface area contributed by atoms with E-state index < -0.39 is 0 Å². The molecule has 1 fully saturated rings. The molecular weight excluding hydrogens is 369 g/mol. The molecule has 3 aromatic rings. The van der Waals surface area contributed by atoms with Gasteiger partial charge in [-0.1, -0.05) is 53.5 Å². The number of hydrogen-bond donors (Lipinski definition) is 2. The van der Waals surface area contributed by atoms with Crippen molar-refractivity contribution in [2.45, 2.75) is 30.6 Å². The second-order valence-electron chi connectivity index (χ2n) is 7.20. The van der Waals surface area contributed by atoms with Gasteiger partial charge in [0.25, 0.3) is 0 Å². The second-order valence-corrected chi connectivity index (χ2v) is 8.01. The van der Waals surface area contributed by atoms with Crippen LogP contribution < -0.4 is 0 Å². The smallest absolute Gasteiger partial charge is 0.202 e. The maximum absolute atomic E-state index is 11.0. The number of fused-ring (bicyclic) bond motifs is 5. The molecule has 0 unspecified atom stereocenters. The number of halogens is 2. The van der Waals surface area contributed by atoms with E-state index in [1.807, 2.05) is 6.07 Å². The molecule has 26 heavy (non-hydrogen) atoms. The van der Waals surface area contributed by atoms with Gasteiger partial charge in [0.1, 0.15) is 0 Å². The van der Waals surface area contributed by atoms with Crippen molar-refractivity contribution in [2.75, 3.05) is 0 Å². The predicted molar refractivity (Wildman–Crippen MR) is 103 cm³/mol. The molecule has 3 nitrogen and oxygen atoms in total. The summed E-state index contributed by atoms with van der Waals surface area (Å²) in [5.74, 6) is 1.12. The minimum absolute atomic E-state index is 0.115. The van der Waals surface area contributed by atoms with Crippen LogP contribution in [0.1, 0.15) is 47.3 Å². The molecule has 0 aliphatic heterocycles. The van der Waals surface area contributed by atoms with Gasteiger partial charge in [0, 0.05) is 11.1 Å². The van der Waals surface area contributed by atoms with E-state index in [1.54, 1.807) is 18.2 Å². The van der Waals surface area contributed by atoms with Crippen molar-refractivity contribution >= 4 is 23.2 Å². The molecule has 3 atom stereocenters. The molecule has 2 N–H and O–H groups in total. The topological polar surface area (TPSA) is 45.4 Å². The average molecular weight is 386 g/mol. The van der Waals surface area contributed by atoms with E-state index in [9.17, 15) is 10.2 Å². The molecule has 0 spiro atoms. The zero-order valence-electron chi connectivity index (χ0n) is 13.9. The molecule has 1 saturated carbocycles. The molecule has 0 saturated heterocycles. The lowest BCUT2D eigenvalue weighted by Gasteiger charge is -2.22. The number of aromatic nitrogens is 1. The first-order chi connectivity index (χ1) is 12.6. The predicted octanol–water partition coefficient (Wildman–Crippen LogP) is 5.95. The van der Waals surface area contributed by atoms with Crippen LogP contribution in [0.25, 0.3) is 5.69 Å². The Hall–Kier alpha value is -2.10. The quantitative estimate of drug-likeness (QED) is 0.571. The van der Waals surface area contributed by atoms with Gasteiger partial charge in [-0.05, 0) is 54.4 Å². The summed E-state index contributed by atoms with van der Waals surface area (Å²) in [7, 11) is 0. The second kappa shape index (κ2) is 5.70. The van der Waals surface area contributed by atoms with Crippen molar-refractivity contribution < 1.29 is 10.2 Å². The van der Waals surface area contributed by atoms with E-state index in [1.165, 1.54) is 10.1 Å². The van der Waals surface area contributed by atoms with Crippen LogP contribution in [0.3, 0.4) is 0 Å². The highest BCUT2D eigenvalue weighted by molar-refractivity contribution is 6.42. The van der Waals surface area contributed by atoms with Crippen molar-refractivity contribution in [2.24, 2.45) is 0 Å². The molecule has 132 valence electrons. The Bertz CT molecular complexity index is 1010. The third-order valence-corrected chi connectivity index (χ3v) is 6.67. The Labute approximate surface area is 161 Å². The standard InChI is InChI=1S/C21H17Cl2NO2/c22-16-7-6-13(10-17(16)23)24-20(25)18-12-8-14(11-4-2-1-3-5-11)15(9-12)19(18)21(24)26/h1-7,10,12,14-15,25-26H,8-9H2/t12-,14+,15-/m1/s1. The zero-order chi connectivity index (χ0) is 18.0. The van der Waals surface area contributed by atoms with Gasteiger partial charge in [-0.25, -0.2) is 0 Å². The summed E-state index contributed by atoms with van der Waals surface area (Å²) in [5, 5.41) is 22.6. The molecule has 0 amide bonds. The number of hydrogen-bond acceptors (Lipinski definition) is 2. The largest absolute Gasteiger partial charge is 0.494 e. The lowest BCUT2D eigenvalue weighted by molar-refractivity contribution is 0.394. The van der Waals surface area contributed by atoms with Crippen molar-refractivity contribution in [3.8, 4) is 17.4 Å². The summed E-state index contributed by atoms with van der Waals surface area (Å²) in [6.07, 6.45) is 1.98. The lowest BCUT2D eigenvalue weighted by Crippen LogP contribution is -2.07. The van der Waals surface area contributed by atoms with Gasteiger partial charge in [-0.15, -0.1) is 0 Å². The Morgan fingerprint density at radius 2 is 1.50 bits per heavy atom. The van der Waals surface area contributed by atoms with Crippen LogP contribution in [-0.2, 0) is 0 Å². The van der Waals surface area contributed by atoms with Gasteiger partial charge in [0.15, 0.2) is 0 Å². The molecule has 2 aromatic carbocycles. The van der Waals surface area contributed by atoms with Crippen LogP contribution in [0.2, 0.25) is 10.0 Å². The SMILES string of the molecule is Oc1c2c(c(O)n1-c1ccc(Cl)c(Cl)c1)[C@@H]1C[C@H]2C[C@H]1c1ccccc1. The van der Waals surface area contributed by atoms with Gasteiger partial charge >= 0.3 is 0 Å². The van der Waals surface area contributed by atoms with Crippen LogP contribution in [0.15, 0.2) is 48.5 Å². The Morgan fingerprint density at radius 1 is 0.808 bits per heavy atom. The van der Waals surface area contributed by atoms with Crippen molar-refractivity contribution in [3.63, 3.8) is 0 Å². The van der Waals surface area contributed by atoms with E-state index in [0.717, 1.165) is 24.0 Å². The van der Waals surface area contributed by atoms with Crippen LogP contribution in [0.5, 0.6) is 11.8 Å². The number of nitrogens with zero attached hydrogens (tertiary/aromatic N) is 1. The normalized spacial score (nSPS) is 23.4. The minimum atomic E-state index is 0.115. The fourth-order valence-electron chi connectivity index (χ4n) is 4.88. The Morgan fingerprint density at radius 3 is 2.23 bits per heavy atom. The summed E-state index contributed by atoms with van der Waals surface area (Å²) in [4.78, 5) is 0. The maximum atomic E-state index is 11.0. The summed E-state index contributed by atoms with van der Waals surface area (Å²) in [6.45, 7) is 0. The Balaban J connectivity index is 1.63. The highest BCUT2D eigenvalue weighted by Crippen LogP contribution is 2.65. The van der Waals surface area contributed by atoms with Crippen molar-refractivity contribution in [1.82, 2.24) is 4.57 Å². The summed E-state index contributed by atoms with van der Waals surface area (Å²) in [5.41, 5.74) is 3.69. The molecule has 5 heteroatoms.